The zero-order valence-electron chi connectivity index (χ0n) is 9.10. The number of benzene rings is 1. The van der Waals surface area contributed by atoms with Crippen LogP contribution in [0.3, 0.4) is 0 Å². The maximum Gasteiger partial charge on any atom is 0.269 e. The number of aromatic amines is 1. The van der Waals surface area contributed by atoms with E-state index < -0.39 is 5.56 Å². The molecule has 2 rings (SSSR count). The SMILES string of the molecule is CSc1ccccc1-c1ncc(C#N)c(=O)[nH]1. The second-order valence-electron chi connectivity index (χ2n) is 3.29. The molecule has 0 radical (unpaired) electrons. The highest BCUT2D eigenvalue weighted by molar-refractivity contribution is 7.98. The smallest absolute Gasteiger partial charge is 0.269 e. The van der Waals surface area contributed by atoms with Gasteiger partial charge in [-0.2, -0.15) is 5.26 Å². The van der Waals surface area contributed by atoms with E-state index in [1.54, 1.807) is 17.8 Å². The van der Waals surface area contributed by atoms with Gasteiger partial charge in [0.05, 0.1) is 6.20 Å². The number of H-pyrrole nitrogens is 1. The summed E-state index contributed by atoms with van der Waals surface area (Å²) in [6.07, 6.45) is 3.26. The molecule has 4 nitrogen and oxygen atoms in total. The summed E-state index contributed by atoms with van der Waals surface area (Å²) in [4.78, 5) is 19.3. The molecular formula is C12H9N3OS. The van der Waals surface area contributed by atoms with Gasteiger partial charge in [0.1, 0.15) is 17.5 Å². The molecule has 0 saturated carbocycles. The lowest BCUT2D eigenvalue weighted by atomic mass is 10.2. The van der Waals surface area contributed by atoms with E-state index in [0.717, 1.165) is 10.5 Å². The van der Waals surface area contributed by atoms with Crippen LogP contribution in [-0.4, -0.2) is 16.2 Å². The molecule has 1 aromatic heterocycles. The molecule has 84 valence electrons. The Morgan fingerprint density at radius 3 is 2.82 bits per heavy atom. The standard InChI is InChI=1S/C12H9N3OS/c1-17-10-5-3-2-4-9(10)11-14-7-8(6-13)12(16)15-11/h2-5,7H,1H3,(H,14,15,16). The molecule has 0 aliphatic heterocycles. The van der Waals surface area contributed by atoms with Crippen molar-refractivity contribution in [1.29, 1.82) is 5.26 Å². The minimum absolute atomic E-state index is 0.0235. The van der Waals surface area contributed by atoms with Gasteiger partial charge in [0.25, 0.3) is 5.56 Å². The number of nitrogens with one attached hydrogen (secondary N) is 1. The molecule has 17 heavy (non-hydrogen) atoms. The van der Waals surface area contributed by atoms with Crippen LogP contribution in [0.15, 0.2) is 40.2 Å². The quantitative estimate of drug-likeness (QED) is 0.819. The average Bonchev–Trinajstić information content (AvgIpc) is 2.38. The van der Waals surface area contributed by atoms with Gasteiger partial charge in [-0.3, -0.25) is 4.79 Å². The summed E-state index contributed by atoms with van der Waals surface area (Å²) in [6, 6.07) is 9.44. The van der Waals surface area contributed by atoms with Gasteiger partial charge in [-0.1, -0.05) is 18.2 Å². The molecule has 0 atom stereocenters. The molecule has 1 aromatic carbocycles. The maximum absolute atomic E-state index is 11.5. The monoisotopic (exact) mass is 243 g/mol. The van der Waals surface area contributed by atoms with Crippen LogP contribution in [0.5, 0.6) is 0 Å². The summed E-state index contributed by atoms with van der Waals surface area (Å²) < 4.78 is 0. The van der Waals surface area contributed by atoms with Crippen LogP contribution in [0.4, 0.5) is 0 Å². The molecule has 0 fully saturated rings. The van der Waals surface area contributed by atoms with Crippen LogP contribution in [0.25, 0.3) is 11.4 Å². The molecule has 0 bridgehead atoms. The Labute approximate surface area is 102 Å². The van der Waals surface area contributed by atoms with Gasteiger partial charge in [-0.05, 0) is 12.3 Å². The van der Waals surface area contributed by atoms with Gasteiger partial charge < -0.3 is 4.98 Å². The number of hydrogen-bond donors (Lipinski definition) is 1. The van der Waals surface area contributed by atoms with Gasteiger partial charge in [0.15, 0.2) is 0 Å². The predicted octanol–water partition coefficient (Wildman–Crippen LogP) is 2.03. The highest BCUT2D eigenvalue weighted by Gasteiger charge is 2.07. The number of thioether (sulfide) groups is 1. The van der Waals surface area contributed by atoms with Crippen molar-refractivity contribution in [2.75, 3.05) is 6.26 Å². The highest BCUT2D eigenvalue weighted by atomic mass is 32.2. The minimum atomic E-state index is -0.409. The van der Waals surface area contributed by atoms with Crippen molar-refractivity contribution in [3.63, 3.8) is 0 Å². The van der Waals surface area contributed by atoms with Crippen molar-refractivity contribution in [2.24, 2.45) is 0 Å². The van der Waals surface area contributed by atoms with Crippen molar-refractivity contribution >= 4 is 11.8 Å². The summed E-state index contributed by atoms with van der Waals surface area (Å²) in [5.74, 6) is 0.485. The largest absolute Gasteiger partial charge is 0.305 e. The van der Waals surface area contributed by atoms with Crippen LogP contribution in [0, 0.1) is 11.3 Å². The Balaban J connectivity index is 2.58. The van der Waals surface area contributed by atoms with Gasteiger partial charge in [-0.15, -0.1) is 11.8 Å². The van der Waals surface area contributed by atoms with Crippen molar-refractivity contribution in [3.8, 4) is 17.5 Å². The summed E-state index contributed by atoms with van der Waals surface area (Å²) in [6.45, 7) is 0. The van der Waals surface area contributed by atoms with E-state index in [4.69, 9.17) is 5.26 Å². The first-order chi connectivity index (χ1) is 8.26. The van der Waals surface area contributed by atoms with E-state index >= 15 is 0 Å². The molecule has 0 saturated heterocycles. The third-order valence-corrected chi connectivity index (χ3v) is 3.08. The molecule has 2 aromatic rings. The zero-order chi connectivity index (χ0) is 12.3. The second-order valence-corrected chi connectivity index (χ2v) is 4.13. The Morgan fingerprint density at radius 1 is 1.41 bits per heavy atom. The molecule has 1 N–H and O–H groups in total. The van der Waals surface area contributed by atoms with Crippen LogP contribution in [0.1, 0.15) is 5.56 Å². The third-order valence-electron chi connectivity index (χ3n) is 2.28. The van der Waals surface area contributed by atoms with Gasteiger partial charge in [0.2, 0.25) is 0 Å². The van der Waals surface area contributed by atoms with Gasteiger partial charge in [-0.25, -0.2) is 4.98 Å². The topological polar surface area (TPSA) is 69.5 Å². The Kier molecular flexibility index (Phi) is 3.26. The van der Waals surface area contributed by atoms with E-state index in [1.165, 1.54) is 6.20 Å². The Hall–Kier alpha value is -2.06. The van der Waals surface area contributed by atoms with Crippen molar-refractivity contribution < 1.29 is 0 Å². The fourth-order valence-electron chi connectivity index (χ4n) is 1.45. The molecule has 0 aliphatic carbocycles. The summed E-state index contributed by atoms with van der Waals surface area (Å²) in [7, 11) is 0. The molecule has 0 spiro atoms. The van der Waals surface area contributed by atoms with Gasteiger partial charge in [0, 0.05) is 10.5 Å². The predicted molar refractivity (Wildman–Crippen MR) is 66.8 cm³/mol. The van der Waals surface area contributed by atoms with Gasteiger partial charge >= 0.3 is 0 Å². The van der Waals surface area contributed by atoms with Crippen molar-refractivity contribution in [3.05, 3.63) is 46.4 Å². The molecule has 1 heterocycles. The minimum Gasteiger partial charge on any atom is -0.305 e. The molecule has 0 unspecified atom stereocenters. The molecular weight excluding hydrogens is 234 g/mol. The lowest BCUT2D eigenvalue weighted by Gasteiger charge is -2.05. The summed E-state index contributed by atoms with van der Waals surface area (Å²) in [5.41, 5.74) is 0.477. The van der Waals surface area contributed by atoms with Crippen LogP contribution in [-0.2, 0) is 0 Å². The first-order valence-electron chi connectivity index (χ1n) is 4.89. The van der Waals surface area contributed by atoms with E-state index in [-0.39, 0.29) is 5.56 Å². The first kappa shape index (κ1) is 11.4. The average molecular weight is 243 g/mol. The molecule has 0 aliphatic rings. The number of rotatable bonds is 2. The van der Waals surface area contributed by atoms with E-state index in [0.29, 0.717) is 5.82 Å². The third kappa shape index (κ3) is 2.22. The van der Waals surface area contributed by atoms with E-state index in [1.807, 2.05) is 30.5 Å². The fraction of sp³-hybridized carbons (Fsp3) is 0.0833. The summed E-state index contributed by atoms with van der Waals surface area (Å²) >= 11 is 1.58. The van der Waals surface area contributed by atoms with E-state index in [9.17, 15) is 4.79 Å². The molecule has 5 heteroatoms. The number of aromatic nitrogens is 2. The number of nitrogens with zero attached hydrogens (tertiary/aromatic N) is 2. The Bertz CT molecular complexity index is 643. The second kappa shape index (κ2) is 4.85. The zero-order valence-corrected chi connectivity index (χ0v) is 9.91. The first-order valence-corrected chi connectivity index (χ1v) is 6.11. The number of nitriles is 1. The van der Waals surface area contributed by atoms with E-state index in [2.05, 4.69) is 9.97 Å². The fourth-order valence-corrected chi connectivity index (χ4v) is 2.05. The van der Waals surface area contributed by atoms with Crippen LogP contribution in [0.2, 0.25) is 0 Å². The lowest BCUT2D eigenvalue weighted by molar-refractivity contribution is 1.10. The highest BCUT2D eigenvalue weighted by Crippen LogP contribution is 2.26. The number of hydrogen-bond acceptors (Lipinski definition) is 4. The van der Waals surface area contributed by atoms with Crippen LogP contribution < -0.4 is 5.56 Å². The normalized spacial score (nSPS) is 9.88. The van der Waals surface area contributed by atoms with Crippen LogP contribution >= 0.6 is 11.8 Å². The lowest BCUT2D eigenvalue weighted by Crippen LogP contribution is -2.12. The summed E-state index contributed by atoms with van der Waals surface area (Å²) in [5, 5.41) is 8.67. The van der Waals surface area contributed by atoms with Crippen molar-refractivity contribution in [2.45, 2.75) is 4.90 Å². The molecule has 0 amide bonds. The maximum atomic E-state index is 11.5. The van der Waals surface area contributed by atoms with Crippen molar-refractivity contribution in [1.82, 2.24) is 9.97 Å². The Morgan fingerprint density at radius 2 is 2.18 bits per heavy atom.